The number of nitrogens with zero attached hydrogens (tertiary/aromatic N) is 1. The summed E-state index contributed by atoms with van der Waals surface area (Å²) in [5.74, 6) is 1.44. The highest BCUT2D eigenvalue weighted by Crippen LogP contribution is 2.26. The normalized spacial score (nSPS) is 14.0. The van der Waals surface area contributed by atoms with Gasteiger partial charge in [0.25, 0.3) is 0 Å². The molecule has 0 aromatic heterocycles. The summed E-state index contributed by atoms with van der Waals surface area (Å²) in [6.07, 6.45) is 2.31. The summed E-state index contributed by atoms with van der Waals surface area (Å²) in [6, 6.07) is 11.1. The molecule has 3 rings (SSSR count). The van der Waals surface area contributed by atoms with Crippen molar-refractivity contribution in [2.24, 2.45) is 4.99 Å². The Morgan fingerprint density at radius 3 is 2.88 bits per heavy atom. The van der Waals surface area contributed by atoms with Gasteiger partial charge in [-0.25, -0.2) is 4.39 Å². The Morgan fingerprint density at radius 2 is 2.12 bits per heavy atom. The Kier molecular flexibility index (Phi) is 5.51. The maximum absolute atomic E-state index is 14.4. The molecule has 0 aliphatic carbocycles. The summed E-state index contributed by atoms with van der Waals surface area (Å²) in [7, 11) is 1.65. The fourth-order valence-corrected chi connectivity index (χ4v) is 3.36. The van der Waals surface area contributed by atoms with Crippen molar-refractivity contribution in [3.63, 3.8) is 0 Å². The van der Waals surface area contributed by atoms with Gasteiger partial charge in [-0.3, -0.25) is 4.99 Å². The number of hydrogen-bond acceptors (Lipinski definition) is 3. The number of methoxy groups -OCH3 is 1. The van der Waals surface area contributed by atoms with Gasteiger partial charge in [-0.05, 0) is 54.7 Å². The SMILES string of the molecule is COc1ccc(Br)cc1CCc1c(F)cccc1C1=NCCCN1. The van der Waals surface area contributed by atoms with Crippen LogP contribution in [0, 0.1) is 5.82 Å². The maximum atomic E-state index is 14.4. The number of aryl methyl sites for hydroxylation is 1. The first kappa shape index (κ1) is 17.0. The van der Waals surface area contributed by atoms with Gasteiger partial charge >= 0.3 is 0 Å². The molecule has 5 heteroatoms. The minimum absolute atomic E-state index is 0.184. The van der Waals surface area contributed by atoms with Gasteiger partial charge in [-0.15, -0.1) is 0 Å². The Balaban J connectivity index is 1.88. The third-order valence-corrected chi connectivity index (χ3v) is 4.65. The van der Waals surface area contributed by atoms with Crippen molar-refractivity contribution in [1.82, 2.24) is 5.32 Å². The molecule has 0 saturated heterocycles. The maximum Gasteiger partial charge on any atom is 0.128 e. The topological polar surface area (TPSA) is 33.6 Å². The molecule has 0 amide bonds. The lowest BCUT2D eigenvalue weighted by molar-refractivity contribution is 0.409. The van der Waals surface area contributed by atoms with Crippen molar-refractivity contribution in [2.75, 3.05) is 20.2 Å². The van der Waals surface area contributed by atoms with E-state index in [-0.39, 0.29) is 5.82 Å². The molecule has 126 valence electrons. The molecule has 0 atom stereocenters. The summed E-state index contributed by atoms with van der Waals surface area (Å²) in [6.45, 7) is 1.67. The van der Waals surface area contributed by atoms with Gasteiger partial charge in [0.1, 0.15) is 17.4 Å². The van der Waals surface area contributed by atoms with Gasteiger partial charge in [-0.1, -0.05) is 28.1 Å². The van der Waals surface area contributed by atoms with E-state index in [1.807, 2.05) is 24.3 Å². The van der Waals surface area contributed by atoms with E-state index in [0.29, 0.717) is 18.4 Å². The third-order valence-electron chi connectivity index (χ3n) is 4.16. The van der Waals surface area contributed by atoms with E-state index in [1.54, 1.807) is 13.2 Å². The lowest BCUT2D eigenvalue weighted by atomic mass is 9.97. The van der Waals surface area contributed by atoms with E-state index in [4.69, 9.17) is 4.74 Å². The van der Waals surface area contributed by atoms with Crippen LogP contribution in [0.5, 0.6) is 5.75 Å². The quantitative estimate of drug-likeness (QED) is 0.832. The molecule has 2 aromatic carbocycles. The average Bonchev–Trinajstić information content (AvgIpc) is 2.61. The number of rotatable bonds is 5. The highest BCUT2D eigenvalue weighted by molar-refractivity contribution is 9.10. The zero-order valence-electron chi connectivity index (χ0n) is 13.6. The molecule has 0 saturated carbocycles. The molecular weight excluding hydrogens is 371 g/mol. The van der Waals surface area contributed by atoms with Gasteiger partial charge in [0.05, 0.1) is 7.11 Å². The smallest absolute Gasteiger partial charge is 0.128 e. The van der Waals surface area contributed by atoms with Crippen LogP contribution in [0.1, 0.15) is 23.1 Å². The Bertz CT molecular complexity index is 761. The predicted molar refractivity (Wildman–Crippen MR) is 98.5 cm³/mol. The number of benzene rings is 2. The monoisotopic (exact) mass is 390 g/mol. The summed E-state index contributed by atoms with van der Waals surface area (Å²) in [5.41, 5.74) is 2.62. The highest BCUT2D eigenvalue weighted by Gasteiger charge is 2.16. The second-order valence-corrected chi connectivity index (χ2v) is 6.65. The standard InChI is InChI=1S/C19H20BrFN2O/c1-24-18-9-7-14(20)12-13(18)6-8-15-16(4-2-5-17(15)21)19-22-10-3-11-23-19/h2,4-5,7,9,12H,3,6,8,10-11H2,1H3,(H,22,23). The number of aliphatic imine (C=N–C) groups is 1. The largest absolute Gasteiger partial charge is 0.496 e. The van der Waals surface area contributed by atoms with Crippen LogP contribution in [0.25, 0.3) is 0 Å². The predicted octanol–water partition coefficient (Wildman–Crippen LogP) is 4.12. The van der Waals surface area contributed by atoms with Gasteiger partial charge in [-0.2, -0.15) is 0 Å². The molecule has 1 aliphatic heterocycles. The van der Waals surface area contributed by atoms with E-state index >= 15 is 0 Å². The molecule has 1 N–H and O–H groups in total. The van der Waals surface area contributed by atoms with Crippen molar-refractivity contribution >= 4 is 21.8 Å². The number of nitrogens with one attached hydrogen (secondary N) is 1. The van der Waals surface area contributed by atoms with E-state index in [1.165, 1.54) is 6.07 Å². The molecule has 0 bridgehead atoms. The molecule has 3 nitrogen and oxygen atoms in total. The lowest BCUT2D eigenvalue weighted by Gasteiger charge is -2.18. The Labute approximate surface area is 150 Å². The minimum atomic E-state index is -0.184. The van der Waals surface area contributed by atoms with Gasteiger partial charge in [0.15, 0.2) is 0 Å². The zero-order chi connectivity index (χ0) is 16.9. The fourth-order valence-electron chi connectivity index (χ4n) is 2.95. The van der Waals surface area contributed by atoms with Crippen LogP contribution < -0.4 is 10.1 Å². The van der Waals surface area contributed by atoms with E-state index in [2.05, 4.69) is 26.2 Å². The first-order chi connectivity index (χ1) is 11.7. The highest BCUT2D eigenvalue weighted by atomic mass is 79.9. The van der Waals surface area contributed by atoms with Gasteiger partial charge < -0.3 is 10.1 Å². The summed E-state index contributed by atoms with van der Waals surface area (Å²) in [5, 5.41) is 3.28. The van der Waals surface area contributed by atoms with Crippen LogP contribution in [0.15, 0.2) is 45.9 Å². The van der Waals surface area contributed by atoms with Crippen molar-refractivity contribution < 1.29 is 9.13 Å². The Hall–Kier alpha value is -1.88. The molecule has 0 radical (unpaired) electrons. The number of amidine groups is 1. The number of halogens is 2. The van der Waals surface area contributed by atoms with Crippen molar-refractivity contribution in [2.45, 2.75) is 19.3 Å². The Morgan fingerprint density at radius 1 is 1.25 bits per heavy atom. The minimum Gasteiger partial charge on any atom is -0.496 e. The van der Waals surface area contributed by atoms with Gasteiger partial charge in [0, 0.05) is 23.1 Å². The van der Waals surface area contributed by atoms with Crippen molar-refractivity contribution in [3.8, 4) is 5.75 Å². The summed E-state index contributed by atoms with van der Waals surface area (Å²) >= 11 is 3.48. The first-order valence-corrected chi connectivity index (χ1v) is 8.87. The molecule has 2 aromatic rings. The second-order valence-electron chi connectivity index (χ2n) is 5.73. The van der Waals surface area contributed by atoms with Crippen LogP contribution in [0.2, 0.25) is 0 Å². The second kappa shape index (κ2) is 7.79. The molecular formula is C19H20BrFN2O. The molecule has 0 spiro atoms. The molecule has 24 heavy (non-hydrogen) atoms. The van der Waals surface area contributed by atoms with E-state index < -0.39 is 0 Å². The van der Waals surface area contributed by atoms with Gasteiger partial charge in [0.2, 0.25) is 0 Å². The first-order valence-electron chi connectivity index (χ1n) is 8.07. The van der Waals surface area contributed by atoms with E-state index in [9.17, 15) is 4.39 Å². The van der Waals surface area contributed by atoms with Crippen LogP contribution >= 0.6 is 15.9 Å². The fraction of sp³-hybridized carbons (Fsp3) is 0.316. The average molecular weight is 391 g/mol. The molecule has 1 aliphatic rings. The van der Waals surface area contributed by atoms with E-state index in [0.717, 1.165) is 46.7 Å². The summed E-state index contributed by atoms with van der Waals surface area (Å²) in [4.78, 5) is 4.51. The number of hydrogen-bond donors (Lipinski definition) is 1. The van der Waals surface area contributed by atoms with Crippen LogP contribution in [-0.2, 0) is 12.8 Å². The van der Waals surface area contributed by atoms with Crippen LogP contribution in [-0.4, -0.2) is 26.0 Å². The van der Waals surface area contributed by atoms with Crippen molar-refractivity contribution in [1.29, 1.82) is 0 Å². The van der Waals surface area contributed by atoms with Crippen LogP contribution in [0.3, 0.4) is 0 Å². The number of ether oxygens (including phenoxy) is 1. The van der Waals surface area contributed by atoms with Crippen LogP contribution in [0.4, 0.5) is 4.39 Å². The third kappa shape index (κ3) is 3.78. The molecule has 1 heterocycles. The zero-order valence-corrected chi connectivity index (χ0v) is 15.2. The lowest BCUT2D eigenvalue weighted by Crippen LogP contribution is -2.31. The molecule has 0 unspecified atom stereocenters. The molecule has 0 fully saturated rings. The van der Waals surface area contributed by atoms with Crippen molar-refractivity contribution in [3.05, 3.63) is 63.4 Å². The summed E-state index contributed by atoms with van der Waals surface area (Å²) < 4.78 is 20.9.